The minimum Gasteiger partial charge on any atom is -0.348 e. The van der Waals surface area contributed by atoms with Gasteiger partial charge in [-0.1, -0.05) is 0 Å². The molecule has 7 nitrogen and oxygen atoms in total. The van der Waals surface area contributed by atoms with Gasteiger partial charge in [0.15, 0.2) is 5.79 Å². The van der Waals surface area contributed by atoms with Crippen molar-refractivity contribution in [1.82, 2.24) is 9.99 Å². The molecule has 0 radical (unpaired) electrons. The number of carbonyl (C=O) groups excluding carboxylic acids is 2. The summed E-state index contributed by atoms with van der Waals surface area (Å²) in [4.78, 5) is 28.9. The van der Waals surface area contributed by atoms with Crippen molar-refractivity contribution >= 4 is 17.6 Å². The van der Waals surface area contributed by atoms with Crippen LogP contribution in [-0.4, -0.2) is 40.8 Å². The summed E-state index contributed by atoms with van der Waals surface area (Å²) in [5, 5.41) is 0.762. The summed E-state index contributed by atoms with van der Waals surface area (Å²) in [5.74, 6) is -1.97. The van der Waals surface area contributed by atoms with Crippen molar-refractivity contribution in [2.75, 3.05) is 18.6 Å². The standard InChI is InChI=1S/C18H20F3N3O4/c1-10-12(6-7-17(3)27-8-9-28-17)16(26)24(15(10)25)23-14-5-4-13(11(2)22-14)18(19,20)21/h4-5H,6-9H2,1-3H3,(H,22,23). The number of hydrogen-bond acceptors (Lipinski definition) is 6. The Morgan fingerprint density at radius 2 is 1.82 bits per heavy atom. The van der Waals surface area contributed by atoms with Crippen molar-refractivity contribution in [2.24, 2.45) is 0 Å². The first-order chi connectivity index (χ1) is 13.0. The molecule has 152 valence electrons. The first-order valence-corrected chi connectivity index (χ1v) is 8.70. The third-order valence-corrected chi connectivity index (χ3v) is 4.78. The van der Waals surface area contributed by atoms with Gasteiger partial charge in [-0.05, 0) is 39.3 Å². The fraction of sp³-hybridized carbons (Fsp3) is 0.500. The Morgan fingerprint density at radius 3 is 2.39 bits per heavy atom. The number of imide groups is 1. The molecular formula is C18H20F3N3O4. The maximum absolute atomic E-state index is 12.8. The second-order valence-corrected chi connectivity index (χ2v) is 6.82. The number of pyridine rings is 1. The molecule has 0 spiro atoms. The molecule has 1 N–H and O–H groups in total. The lowest BCUT2D eigenvalue weighted by Crippen LogP contribution is -2.37. The number of aryl methyl sites for hydroxylation is 1. The monoisotopic (exact) mass is 399 g/mol. The maximum atomic E-state index is 12.8. The van der Waals surface area contributed by atoms with Crippen LogP contribution in [0.3, 0.4) is 0 Å². The van der Waals surface area contributed by atoms with Gasteiger partial charge in [-0.2, -0.15) is 18.2 Å². The van der Waals surface area contributed by atoms with Crippen molar-refractivity contribution in [3.63, 3.8) is 0 Å². The zero-order valence-electron chi connectivity index (χ0n) is 15.6. The number of halogens is 3. The number of aromatic nitrogens is 1. The summed E-state index contributed by atoms with van der Waals surface area (Å²) < 4.78 is 49.5. The second-order valence-electron chi connectivity index (χ2n) is 6.82. The molecule has 0 atom stereocenters. The second kappa shape index (κ2) is 7.17. The summed E-state index contributed by atoms with van der Waals surface area (Å²) in [6.45, 7) is 5.43. The lowest BCUT2D eigenvalue weighted by molar-refractivity contribution is -0.146. The van der Waals surface area contributed by atoms with E-state index in [-0.39, 0.29) is 23.5 Å². The van der Waals surface area contributed by atoms with Crippen LogP contribution < -0.4 is 5.43 Å². The average molecular weight is 399 g/mol. The van der Waals surface area contributed by atoms with E-state index < -0.39 is 29.3 Å². The Kier molecular flexibility index (Phi) is 5.20. The first-order valence-electron chi connectivity index (χ1n) is 8.70. The summed E-state index contributed by atoms with van der Waals surface area (Å²) >= 11 is 0. The van der Waals surface area contributed by atoms with Crippen LogP contribution in [0.15, 0.2) is 23.3 Å². The van der Waals surface area contributed by atoms with Crippen molar-refractivity contribution in [3.05, 3.63) is 34.5 Å². The first kappa shape index (κ1) is 20.3. The maximum Gasteiger partial charge on any atom is 0.418 e. The lowest BCUT2D eigenvalue weighted by Gasteiger charge is -2.22. The number of nitrogens with zero attached hydrogens (tertiary/aromatic N) is 2. The van der Waals surface area contributed by atoms with Gasteiger partial charge in [0, 0.05) is 17.6 Å². The summed E-state index contributed by atoms with van der Waals surface area (Å²) in [5.41, 5.74) is 1.95. The molecule has 1 aromatic rings. The molecule has 0 bridgehead atoms. The normalized spacial score (nSPS) is 19.7. The van der Waals surface area contributed by atoms with Crippen LogP contribution in [0.1, 0.15) is 37.9 Å². The van der Waals surface area contributed by atoms with Crippen LogP contribution in [0, 0.1) is 6.92 Å². The molecule has 3 rings (SSSR count). The van der Waals surface area contributed by atoms with Gasteiger partial charge in [-0.15, -0.1) is 0 Å². The van der Waals surface area contributed by atoms with Gasteiger partial charge in [0.25, 0.3) is 11.8 Å². The molecule has 0 saturated carbocycles. The smallest absolute Gasteiger partial charge is 0.348 e. The fourth-order valence-corrected chi connectivity index (χ4v) is 3.17. The topological polar surface area (TPSA) is 80.8 Å². The highest BCUT2D eigenvalue weighted by molar-refractivity contribution is 6.19. The van der Waals surface area contributed by atoms with Crippen LogP contribution in [0.25, 0.3) is 0 Å². The minimum absolute atomic E-state index is 0.0318. The van der Waals surface area contributed by atoms with E-state index in [1.807, 2.05) is 0 Å². The number of hydrogen-bond donors (Lipinski definition) is 1. The molecule has 3 heterocycles. The number of carbonyl (C=O) groups is 2. The third kappa shape index (κ3) is 3.88. The van der Waals surface area contributed by atoms with E-state index in [0.29, 0.717) is 25.2 Å². The van der Waals surface area contributed by atoms with E-state index in [0.717, 1.165) is 17.1 Å². The average Bonchev–Trinajstić information content (AvgIpc) is 3.11. The van der Waals surface area contributed by atoms with Crippen LogP contribution in [0.2, 0.25) is 0 Å². The van der Waals surface area contributed by atoms with Gasteiger partial charge >= 0.3 is 6.18 Å². The number of nitrogens with one attached hydrogen (secondary N) is 1. The van der Waals surface area contributed by atoms with Crippen molar-refractivity contribution in [1.29, 1.82) is 0 Å². The highest BCUT2D eigenvalue weighted by Gasteiger charge is 2.39. The quantitative estimate of drug-likeness (QED) is 0.767. The molecule has 0 aliphatic carbocycles. The molecule has 2 aliphatic heterocycles. The van der Waals surface area contributed by atoms with Gasteiger partial charge < -0.3 is 9.47 Å². The summed E-state index contributed by atoms with van der Waals surface area (Å²) in [7, 11) is 0. The molecule has 2 aliphatic rings. The highest BCUT2D eigenvalue weighted by Crippen LogP contribution is 2.33. The van der Waals surface area contributed by atoms with Gasteiger partial charge in [-0.3, -0.25) is 15.0 Å². The molecule has 0 aromatic carbocycles. The largest absolute Gasteiger partial charge is 0.418 e. The fourth-order valence-electron chi connectivity index (χ4n) is 3.17. The molecule has 0 unspecified atom stereocenters. The van der Waals surface area contributed by atoms with E-state index in [1.54, 1.807) is 6.92 Å². The van der Waals surface area contributed by atoms with Gasteiger partial charge in [0.05, 0.1) is 24.5 Å². The highest BCUT2D eigenvalue weighted by atomic mass is 19.4. The Hall–Kier alpha value is -2.46. The number of rotatable bonds is 5. The minimum atomic E-state index is -4.53. The van der Waals surface area contributed by atoms with E-state index in [9.17, 15) is 22.8 Å². The zero-order valence-corrected chi connectivity index (χ0v) is 15.6. The van der Waals surface area contributed by atoms with E-state index in [2.05, 4.69) is 10.4 Å². The van der Waals surface area contributed by atoms with E-state index >= 15 is 0 Å². The SMILES string of the molecule is CC1=C(CCC2(C)OCCO2)C(=O)N(Nc2ccc(C(F)(F)F)c(C)n2)C1=O. The van der Waals surface area contributed by atoms with Crippen molar-refractivity contribution in [3.8, 4) is 0 Å². The Bertz CT molecular complexity index is 845. The van der Waals surface area contributed by atoms with Gasteiger partial charge in [0.1, 0.15) is 5.82 Å². The molecule has 1 aromatic heterocycles. The zero-order chi connectivity index (χ0) is 20.7. The summed E-state index contributed by atoms with van der Waals surface area (Å²) in [6, 6.07) is 1.93. The van der Waals surface area contributed by atoms with Gasteiger partial charge in [-0.25, -0.2) is 4.98 Å². The molecule has 1 saturated heterocycles. The van der Waals surface area contributed by atoms with Crippen LogP contribution >= 0.6 is 0 Å². The Labute approximate surface area is 159 Å². The van der Waals surface area contributed by atoms with Crippen LogP contribution in [-0.2, 0) is 25.2 Å². The van der Waals surface area contributed by atoms with E-state index in [4.69, 9.17) is 9.47 Å². The lowest BCUT2D eigenvalue weighted by atomic mass is 10.0. The molecule has 1 fully saturated rings. The summed E-state index contributed by atoms with van der Waals surface area (Å²) in [6.07, 6.45) is -3.87. The number of anilines is 1. The molecular weight excluding hydrogens is 379 g/mol. The number of amides is 2. The Morgan fingerprint density at radius 1 is 1.18 bits per heavy atom. The number of alkyl halides is 3. The Balaban J connectivity index is 1.72. The predicted octanol–water partition coefficient (Wildman–Crippen LogP) is 2.96. The molecule has 10 heteroatoms. The van der Waals surface area contributed by atoms with Crippen molar-refractivity contribution < 1.29 is 32.2 Å². The third-order valence-electron chi connectivity index (χ3n) is 4.78. The van der Waals surface area contributed by atoms with Crippen LogP contribution in [0.5, 0.6) is 0 Å². The number of hydrazine groups is 1. The van der Waals surface area contributed by atoms with E-state index in [1.165, 1.54) is 13.8 Å². The molecule has 28 heavy (non-hydrogen) atoms. The molecule has 2 amide bonds. The number of ether oxygens (including phenoxy) is 2. The van der Waals surface area contributed by atoms with Crippen molar-refractivity contribution in [2.45, 2.75) is 45.6 Å². The van der Waals surface area contributed by atoms with Crippen LogP contribution in [0.4, 0.5) is 19.0 Å². The predicted molar refractivity (Wildman–Crippen MR) is 91.7 cm³/mol. The van der Waals surface area contributed by atoms with Gasteiger partial charge in [0.2, 0.25) is 0 Å².